The topological polar surface area (TPSA) is 72.2 Å². The van der Waals surface area contributed by atoms with Crippen molar-refractivity contribution in [1.29, 1.82) is 0 Å². The molecule has 0 heterocycles. The third kappa shape index (κ3) is 4.68. The van der Waals surface area contributed by atoms with E-state index >= 15 is 0 Å². The lowest BCUT2D eigenvalue weighted by Crippen LogP contribution is -2.40. The predicted molar refractivity (Wildman–Crippen MR) is 93.9 cm³/mol. The molecule has 3 N–H and O–H groups in total. The largest absolute Gasteiger partial charge is 0.329 e. The van der Waals surface area contributed by atoms with Crippen molar-refractivity contribution < 1.29 is 8.42 Å². The fourth-order valence-electron chi connectivity index (χ4n) is 2.30. The van der Waals surface area contributed by atoms with Crippen molar-refractivity contribution in [3.05, 3.63) is 42.5 Å². The molecule has 0 aliphatic carbocycles. The van der Waals surface area contributed by atoms with E-state index < -0.39 is 10.0 Å². The second-order valence-electron chi connectivity index (χ2n) is 5.21. The highest BCUT2D eigenvalue weighted by Crippen LogP contribution is 2.19. The second kappa shape index (κ2) is 8.48. The Labute approximate surface area is 138 Å². The Kier molecular flexibility index (Phi) is 7.29. The molecule has 0 saturated heterocycles. The van der Waals surface area contributed by atoms with Crippen LogP contribution in [-0.4, -0.2) is 21.0 Å². The summed E-state index contributed by atoms with van der Waals surface area (Å²) in [6.07, 6.45) is 2.75. The number of halogens is 1. The van der Waals surface area contributed by atoms with Gasteiger partial charge in [0.2, 0.25) is 10.0 Å². The van der Waals surface area contributed by atoms with Gasteiger partial charge in [-0.1, -0.05) is 50.1 Å². The Bertz CT molecular complexity index is 704. The molecule has 0 radical (unpaired) electrons. The van der Waals surface area contributed by atoms with Crippen LogP contribution in [0.1, 0.15) is 26.2 Å². The standard InChI is InChI=1S/C16H22N2O2S.ClH/c1-2-3-8-15(12-17)18-21(19,20)16-10-9-13-6-4-5-7-14(13)11-16;/h4-7,9-11,15,18H,2-3,8,12,17H2,1H3;1H. The summed E-state index contributed by atoms with van der Waals surface area (Å²) in [5, 5.41) is 1.94. The monoisotopic (exact) mass is 342 g/mol. The lowest BCUT2D eigenvalue weighted by molar-refractivity contribution is 0.516. The molecule has 0 amide bonds. The van der Waals surface area contributed by atoms with Gasteiger partial charge in [0, 0.05) is 12.6 Å². The lowest BCUT2D eigenvalue weighted by Gasteiger charge is -2.16. The molecule has 0 spiro atoms. The van der Waals surface area contributed by atoms with Gasteiger partial charge in [-0.15, -0.1) is 12.4 Å². The van der Waals surface area contributed by atoms with Crippen LogP contribution < -0.4 is 10.5 Å². The minimum atomic E-state index is -3.52. The molecule has 0 saturated carbocycles. The van der Waals surface area contributed by atoms with E-state index in [1.807, 2.05) is 30.3 Å². The fourth-order valence-corrected chi connectivity index (χ4v) is 3.62. The molecule has 0 aliphatic rings. The molecule has 1 atom stereocenters. The van der Waals surface area contributed by atoms with Crippen LogP contribution in [0.2, 0.25) is 0 Å². The van der Waals surface area contributed by atoms with E-state index in [1.165, 1.54) is 0 Å². The van der Waals surface area contributed by atoms with Gasteiger partial charge in [-0.05, 0) is 29.3 Å². The quantitative estimate of drug-likeness (QED) is 0.812. The van der Waals surface area contributed by atoms with E-state index in [1.54, 1.807) is 12.1 Å². The Morgan fingerprint density at radius 2 is 1.82 bits per heavy atom. The van der Waals surface area contributed by atoms with E-state index in [0.717, 1.165) is 30.0 Å². The van der Waals surface area contributed by atoms with E-state index in [4.69, 9.17) is 5.73 Å². The minimum Gasteiger partial charge on any atom is -0.329 e. The Morgan fingerprint density at radius 1 is 1.14 bits per heavy atom. The Balaban J connectivity index is 0.00000242. The fraction of sp³-hybridized carbons (Fsp3) is 0.375. The van der Waals surface area contributed by atoms with Crippen molar-refractivity contribution >= 4 is 33.2 Å². The molecular formula is C16H23ClN2O2S. The molecule has 2 rings (SSSR count). The SMILES string of the molecule is CCCCC(CN)NS(=O)(=O)c1ccc2ccccc2c1.Cl. The smallest absolute Gasteiger partial charge is 0.240 e. The maximum Gasteiger partial charge on any atom is 0.240 e. The minimum absolute atomic E-state index is 0. The molecule has 6 heteroatoms. The van der Waals surface area contributed by atoms with E-state index in [0.29, 0.717) is 6.54 Å². The number of hydrogen-bond acceptors (Lipinski definition) is 3. The van der Waals surface area contributed by atoms with Gasteiger partial charge in [0.25, 0.3) is 0 Å². The van der Waals surface area contributed by atoms with Crippen LogP contribution in [0, 0.1) is 0 Å². The summed E-state index contributed by atoms with van der Waals surface area (Å²) in [7, 11) is -3.52. The van der Waals surface area contributed by atoms with Crippen LogP contribution in [0.25, 0.3) is 10.8 Å². The first-order valence-electron chi connectivity index (χ1n) is 7.28. The zero-order chi connectivity index (χ0) is 15.3. The highest BCUT2D eigenvalue weighted by atomic mass is 35.5. The molecule has 2 aromatic carbocycles. The number of fused-ring (bicyclic) bond motifs is 1. The molecule has 0 bridgehead atoms. The molecule has 22 heavy (non-hydrogen) atoms. The summed E-state index contributed by atoms with van der Waals surface area (Å²) in [5.74, 6) is 0. The Morgan fingerprint density at radius 3 is 2.45 bits per heavy atom. The molecule has 1 unspecified atom stereocenters. The third-order valence-electron chi connectivity index (χ3n) is 3.54. The zero-order valence-electron chi connectivity index (χ0n) is 12.7. The number of nitrogens with two attached hydrogens (primary N) is 1. The van der Waals surface area contributed by atoms with Gasteiger partial charge in [0.15, 0.2) is 0 Å². The summed E-state index contributed by atoms with van der Waals surface area (Å²) < 4.78 is 27.6. The van der Waals surface area contributed by atoms with Crippen molar-refractivity contribution in [2.24, 2.45) is 5.73 Å². The number of unbranched alkanes of at least 4 members (excludes halogenated alkanes) is 1. The van der Waals surface area contributed by atoms with Crippen LogP contribution >= 0.6 is 12.4 Å². The summed E-state index contributed by atoms with van der Waals surface area (Å²) in [4.78, 5) is 0.288. The molecule has 122 valence electrons. The summed E-state index contributed by atoms with van der Waals surface area (Å²) in [6.45, 7) is 2.39. The summed E-state index contributed by atoms with van der Waals surface area (Å²) in [5.41, 5.74) is 5.66. The van der Waals surface area contributed by atoms with Crippen LogP contribution in [-0.2, 0) is 10.0 Å². The average molecular weight is 343 g/mol. The predicted octanol–water partition coefficient (Wildman–Crippen LogP) is 3.06. The highest BCUT2D eigenvalue weighted by molar-refractivity contribution is 7.89. The maximum atomic E-state index is 12.4. The van der Waals surface area contributed by atoms with Crippen molar-refractivity contribution in [3.8, 4) is 0 Å². The average Bonchev–Trinajstić information content (AvgIpc) is 2.50. The molecule has 0 aromatic heterocycles. The van der Waals surface area contributed by atoms with E-state index in [-0.39, 0.29) is 23.3 Å². The normalized spacial score (nSPS) is 12.8. The third-order valence-corrected chi connectivity index (χ3v) is 5.06. The van der Waals surface area contributed by atoms with Crippen LogP contribution in [0.15, 0.2) is 47.4 Å². The molecular weight excluding hydrogens is 320 g/mol. The lowest BCUT2D eigenvalue weighted by atomic mass is 10.1. The van der Waals surface area contributed by atoms with Gasteiger partial charge in [0.1, 0.15) is 0 Å². The van der Waals surface area contributed by atoms with Crippen LogP contribution in [0.3, 0.4) is 0 Å². The van der Waals surface area contributed by atoms with Gasteiger partial charge in [0.05, 0.1) is 4.90 Å². The van der Waals surface area contributed by atoms with E-state index in [2.05, 4.69) is 11.6 Å². The van der Waals surface area contributed by atoms with Crippen molar-refractivity contribution in [2.75, 3.05) is 6.54 Å². The van der Waals surface area contributed by atoms with Crippen molar-refractivity contribution in [2.45, 2.75) is 37.1 Å². The maximum absolute atomic E-state index is 12.4. The molecule has 4 nitrogen and oxygen atoms in total. The first kappa shape index (κ1) is 18.9. The van der Waals surface area contributed by atoms with Crippen LogP contribution in [0.5, 0.6) is 0 Å². The molecule has 0 aliphatic heterocycles. The number of hydrogen-bond donors (Lipinski definition) is 2. The number of benzene rings is 2. The van der Waals surface area contributed by atoms with Gasteiger partial charge >= 0.3 is 0 Å². The van der Waals surface area contributed by atoms with Crippen molar-refractivity contribution in [1.82, 2.24) is 4.72 Å². The Hall–Kier alpha value is -1.14. The van der Waals surface area contributed by atoms with Gasteiger partial charge in [-0.3, -0.25) is 0 Å². The summed E-state index contributed by atoms with van der Waals surface area (Å²) in [6, 6.07) is 12.7. The molecule has 2 aromatic rings. The number of sulfonamides is 1. The second-order valence-corrected chi connectivity index (χ2v) is 6.92. The highest BCUT2D eigenvalue weighted by Gasteiger charge is 2.19. The first-order valence-corrected chi connectivity index (χ1v) is 8.76. The first-order chi connectivity index (χ1) is 10.1. The van der Waals surface area contributed by atoms with Crippen molar-refractivity contribution in [3.63, 3.8) is 0 Å². The zero-order valence-corrected chi connectivity index (χ0v) is 14.3. The number of rotatable bonds is 7. The van der Waals surface area contributed by atoms with Gasteiger partial charge < -0.3 is 5.73 Å². The van der Waals surface area contributed by atoms with Crippen LogP contribution in [0.4, 0.5) is 0 Å². The van der Waals surface area contributed by atoms with Gasteiger partial charge in [-0.25, -0.2) is 13.1 Å². The molecule has 0 fully saturated rings. The summed E-state index contributed by atoms with van der Waals surface area (Å²) >= 11 is 0. The number of nitrogens with one attached hydrogen (secondary N) is 1. The van der Waals surface area contributed by atoms with Gasteiger partial charge in [-0.2, -0.15) is 0 Å². The van der Waals surface area contributed by atoms with E-state index in [9.17, 15) is 8.42 Å².